The summed E-state index contributed by atoms with van der Waals surface area (Å²) in [6, 6.07) is 0. The molecular weight excluding hydrogens is 304 g/mol. The molecular formula is C18H22N4O2. The summed E-state index contributed by atoms with van der Waals surface area (Å²) < 4.78 is 1.90. The summed E-state index contributed by atoms with van der Waals surface area (Å²) in [6.45, 7) is 3.86. The molecule has 2 aromatic rings. The normalized spacial score (nSPS) is 14.3. The van der Waals surface area contributed by atoms with Crippen molar-refractivity contribution in [3.05, 3.63) is 40.2 Å². The van der Waals surface area contributed by atoms with E-state index in [1.165, 1.54) is 30.3 Å². The predicted molar refractivity (Wildman–Crippen MR) is 91.9 cm³/mol. The van der Waals surface area contributed by atoms with Crippen molar-refractivity contribution in [1.29, 1.82) is 0 Å². The molecule has 0 atom stereocenters. The van der Waals surface area contributed by atoms with Crippen LogP contribution in [0.1, 0.15) is 71.4 Å². The SMILES string of the molecule is CC(C)c1nc(C=Cc2c3c(nn2C)CCCC3)ncc1C(=O)O. The molecule has 0 bridgehead atoms. The summed E-state index contributed by atoms with van der Waals surface area (Å²) in [4.78, 5) is 19.9. The molecule has 6 heteroatoms. The Morgan fingerprint density at radius 1 is 1.29 bits per heavy atom. The maximum atomic E-state index is 11.3. The molecule has 6 nitrogen and oxygen atoms in total. The molecule has 0 aliphatic heterocycles. The van der Waals surface area contributed by atoms with Gasteiger partial charge in [-0.2, -0.15) is 5.10 Å². The highest BCUT2D eigenvalue weighted by Gasteiger charge is 2.18. The Morgan fingerprint density at radius 2 is 2.04 bits per heavy atom. The van der Waals surface area contributed by atoms with Crippen LogP contribution in [0, 0.1) is 0 Å². The fourth-order valence-electron chi connectivity index (χ4n) is 3.16. The number of aromatic carboxylic acids is 1. The molecule has 126 valence electrons. The van der Waals surface area contributed by atoms with Gasteiger partial charge in [-0.1, -0.05) is 13.8 Å². The number of aryl methyl sites for hydroxylation is 2. The van der Waals surface area contributed by atoms with E-state index < -0.39 is 5.97 Å². The van der Waals surface area contributed by atoms with Gasteiger partial charge in [-0.3, -0.25) is 4.68 Å². The number of fused-ring (bicyclic) bond motifs is 1. The molecule has 3 rings (SSSR count). The molecule has 0 spiro atoms. The molecule has 0 radical (unpaired) electrons. The number of carbonyl (C=O) groups is 1. The van der Waals surface area contributed by atoms with Crippen LogP contribution in [0.25, 0.3) is 12.2 Å². The molecule has 0 unspecified atom stereocenters. The molecule has 2 aromatic heterocycles. The number of hydrogen-bond donors (Lipinski definition) is 1. The van der Waals surface area contributed by atoms with Gasteiger partial charge < -0.3 is 5.11 Å². The van der Waals surface area contributed by atoms with Crippen LogP contribution < -0.4 is 0 Å². The van der Waals surface area contributed by atoms with Gasteiger partial charge in [0.25, 0.3) is 0 Å². The fraction of sp³-hybridized carbons (Fsp3) is 0.444. The number of carboxylic acid groups (broad SMARTS) is 1. The fourth-order valence-corrected chi connectivity index (χ4v) is 3.16. The van der Waals surface area contributed by atoms with Crippen molar-refractivity contribution in [3.8, 4) is 0 Å². The van der Waals surface area contributed by atoms with Crippen LogP contribution in [0.3, 0.4) is 0 Å². The third-order valence-corrected chi connectivity index (χ3v) is 4.37. The number of hydrogen-bond acceptors (Lipinski definition) is 4. The van der Waals surface area contributed by atoms with Crippen molar-refractivity contribution < 1.29 is 9.90 Å². The first-order valence-electron chi connectivity index (χ1n) is 8.30. The van der Waals surface area contributed by atoms with E-state index in [0.29, 0.717) is 11.5 Å². The van der Waals surface area contributed by atoms with Crippen LogP contribution in [-0.4, -0.2) is 30.8 Å². The molecule has 2 heterocycles. The van der Waals surface area contributed by atoms with E-state index in [1.807, 2.05) is 37.7 Å². The van der Waals surface area contributed by atoms with Gasteiger partial charge in [0.15, 0.2) is 5.82 Å². The Labute approximate surface area is 141 Å². The van der Waals surface area contributed by atoms with E-state index in [-0.39, 0.29) is 11.5 Å². The summed E-state index contributed by atoms with van der Waals surface area (Å²) in [6.07, 6.45) is 9.70. The van der Waals surface area contributed by atoms with E-state index in [4.69, 9.17) is 0 Å². The van der Waals surface area contributed by atoms with Gasteiger partial charge in [0.1, 0.15) is 0 Å². The highest BCUT2D eigenvalue weighted by molar-refractivity contribution is 5.88. The van der Waals surface area contributed by atoms with Crippen molar-refractivity contribution in [1.82, 2.24) is 19.7 Å². The smallest absolute Gasteiger partial charge is 0.339 e. The third-order valence-electron chi connectivity index (χ3n) is 4.37. The molecule has 0 saturated carbocycles. The average Bonchev–Trinajstić information content (AvgIpc) is 2.87. The van der Waals surface area contributed by atoms with Crippen molar-refractivity contribution in [3.63, 3.8) is 0 Å². The summed E-state index contributed by atoms with van der Waals surface area (Å²) in [5, 5.41) is 13.8. The number of aromatic nitrogens is 4. The monoisotopic (exact) mass is 326 g/mol. The van der Waals surface area contributed by atoms with Gasteiger partial charge in [-0.05, 0) is 43.8 Å². The standard InChI is InChI=1S/C18H22N4O2/c1-11(2)17-13(18(23)24)10-19-16(20-17)9-8-15-12-6-4-5-7-14(12)21-22(15)3/h8-11H,4-7H2,1-3H3,(H,23,24). The topological polar surface area (TPSA) is 80.9 Å². The van der Waals surface area contributed by atoms with Crippen LogP contribution in [0.2, 0.25) is 0 Å². The van der Waals surface area contributed by atoms with Crippen LogP contribution in [0.4, 0.5) is 0 Å². The van der Waals surface area contributed by atoms with Crippen LogP contribution in [0.15, 0.2) is 6.20 Å². The zero-order valence-corrected chi connectivity index (χ0v) is 14.3. The largest absolute Gasteiger partial charge is 0.478 e. The molecule has 24 heavy (non-hydrogen) atoms. The lowest BCUT2D eigenvalue weighted by atomic mass is 9.96. The van der Waals surface area contributed by atoms with Gasteiger partial charge in [-0.25, -0.2) is 14.8 Å². The van der Waals surface area contributed by atoms with Crippen molar-refractivity contribution >= 4 is 18.1 Å². The Hall–Kier alpha value is -2.50. The quantitative estimate of drug-likeness (QED) is 0.934. The highest BCUT2D eigenvalue weighted by atomic mass is 16.4. The lowest BCUT2D eigenvalue weighted by molar-refractivity contribution is 0.0694. The summed E-state index contributed by atoms with van der Waals surface area (Å²) in [7, 11) is 1.95. The summed E-state index contributed by atoms with van der Waals surface area (Å²) in [5.74, 6) is -0.444. The average molecular weight is 326 g/mol. The maximum Gasteiger partial charge on any atom is 0.339 e. The van der Waals surface area contributed by atoms with Gasteiger partial charge in [0.05, 0.1) is 22.6 Å². The van der Waals surface area contributed by atoms with E-state index in [2.05, 4.69) is 15.1 Å². The minimum Gasteiger partial charge on any atom is -0.478 e. The molecule has 0 fully saturated rings. The van der Waals surface area contributed by atoms with E-state index in [9.17, 15) is 9.90 Å². The minimum absolute atomic E-state index is 0.0238. The number of nitrogens with zero attached hydrogens (tertiary/aromatic N) is 4. The molecule has 0 amide bonds. The molecule has 1 aliphatic rings. The van der Waals surface area contributed by atoms with Gasteiger partial charge in [0, 0.05) is 18.8 Å². The van der Waals surface area contributed by atoms with E-state index in [1.54, 1.807) is 0 Å². The Bertz CT molecular complexity index is 806. The molecule has 0 aromatic carbocycles. The predicted octanol–water partition coefficient (Wildman–Crippen LogP) is 3.08. The van der Waals surface area contributed by atoms with Crippen molar-refractivity contribution in [2.24, 2.45) is 7.05 Å². The van der Waals surface area contributed by atoms with Crippen molar-refractivity contribution in [2.75, 3.05) is 0 Å². The van der Waals surface area contributed by atoms with Crippen molar-refractivity contribution in [2.45, 2.75) is 45.4 Å². The first kappa shape index (κ1) is 16.4. The number of carboxylic acids is 1. The second kappa shape index (κ2) is 6.55. The first-order valence-corrected chi connectivity index (χ1v) is 8.30. The number of rotatable bonds is 4. The lowest BCUT2D eigenvalue weighted by Crippen LogP contribution is -2.09. The molecule has 1 N–H and O–H groups in total. The lowest BCUT2D eigenvalue weighted by Gasteiger charge is -2.10. The maximum absolute atomic E-state index is 11.3. The minimum atomic E-state index is -0.991. The molecule has 1 aliphatic carbocycles. The Kier molecular flexibility index (Phi) is 4.46. The third kappa shape index (κ3) is 3.09. The highest BCUT2D eigenvalue weighted by Crippen LogP contribution is 2.25. The Morgan fingerprint density at radius 3 is 2.75 bits per heavy atom. The van der Waals surface area contributed by atoms with Gasteiger partial charge in [-0.15, -0.1) is 0 Å². The second-order valence-electron chi connectivity index (χ2n) is 6.46. The zero-order chi connectivity index (χ0) is 17.3. The first-order chi connectivity index (χ1) is 11.5. The van der Waals surface area contributed by atoms with E-state index >= 15 is 0 Å². The summed E-state index contributed by atoms with van der Waals surface area (Å²) in [5.41, 5.74) is 4.31. The van der Waals surface area contributed by atoms with Gasteiger partial charge >= 0.3 is 5.97 Å². The van der Waals surface area contributed by atoms with Crippen LogP contribution in [-0.2, 0) is 19.9 Å². The summed E-state index contributed by atoms with van der Waals surface area (Å²) >= 11 is 0. The van der Waals surface area contributed by atoms with Crippen LogP contribution in [0.5, 0.6) is 0 Å². The molecule has 0 saturated heterocycles. The zero-order valence-electron chi connectivity index (χ0n) is 14.3. The van der Waals surface area contributed by atoms with E-state index in [0.717, 1.165) is 18.5 Å². The second-order valence-corrected chi connectivity index (χ2v) is 6.46. The van der Waals surface area contributed by atoms with Crippen LogP contribution >= 0.6 is 0 Å². The Balaban J connectivity index is 1.94. The van der Waals surface area contributed by atoms with Gasteiger partial charge in [0.2, 0.25) is 0 Å².